The fraction of sp³-hybridized carbons (Fsp3) is 0.429. The standard InChI is InChI=1S/C21H26N4O3/c26-19(25-18(13-20(27)28)16-6-3-11-22-14-16)8-2-1-7-17-10-9-15-5-4-12-23-21(15)24-17/h3,6,9-11,14,18H,1-2,4-5,7-8,12-13H2,(H,23,24)(H,25,26)(H,27,28). The van der Waals surface area contributed by atoms with Gasteiger partial charge in [-0.05, 0) is 55.4 Å². The molecule has 3 heterocycles. The van der Waals surface area contributed by atoms with Crippen molar-refractivity contribution in [3.05, 3.63) is 53.5 Å². The smallest absolute Gasteiger partial charge is 0.305 e. The first-order valence-corrected chi connectivity index (χ1v) is 9.75. The van der Waals surface area contributed by atoms with Crippen molar-refractivity contribution in [2.45, 2.75) is 51.0 Å². The van der Waals surface area contributed by atoms with E-state index in [1.165, 1.54) is 5.56 Å². The molecule has 0 saturated carbocycles. The molecule has 2 aromatic heterocycles. The predicted octanol–water partition coefficient (Wildman–Crippen LogP) is 2.88. The van der Waals surface area contributed by atoms with Gasteiger partial charge in [0.15, 0.2) is 0 Å². The summed E-state index contributed by atoms with van der Waals surface area (Å²) in [6.45, 7) is 0.970. The molecule has 1 aliphatic heterocycles. The first-order chi connectivity index (χ1) is 13.6. The number of nitrogens with one attached hydrogen (secondary N) is 2. The average Bonchev–Trinajstić information content (AvgIpc) is 2.71. The number of rotatable bonds is 9. The number of amides is 1. The summed E-state index contributed by atoms with van der Waals surface area (Å²) in [6, 6.07) is 7.15. The number of fused-ring (bicyclic) bond motifs is 1. The third-order valence-electron chi connectivity index (χ3n) is 4.84. The Hall–Kier alpha value is -2.96. The molecule has 1 atom stereocenters. The number of unbranched alkanes of at least 4 members (excludes halogenated alkanes) is 1. The van der Waals surface area contributed by atoms with Gasteiger partial charge in [-0.2, -0.15) is 0 Å². The van der Waals surface area contributed by atoms with E-state index in [1.54, 1.807) is 24.5 Å². The van der Waals surface area contributed by atoms with Crippen LogP contribution in [0, 0.1) is 0 Å². The van der Waals surface area contributed by atoms with Crippen molar-refractivity contribution in [1.29, 1.82) is 0 Å². The predicted molar refractivity (Wildman–Crippen MR) is 106 cm³/mol. The molecule has 1 unspecified atom stereocenters. The number of nitrogens with zero attached hydrogens (tertiary/aromatic N) is 2. The van der Waals surface area contributed by atoms with Crippen LogP contribution in [0.3, 0.4) is 0 Å². The molecule has 0 saturated heterocycles. The second-order valence-corrected chi connectivity index (χ2v) is 7.05. The minimum atomic E-state index is -0.957. The molecule has 28 heavy (non-hydrogen) atoms. The van der Waals surface area contributed by atoms with Crippen LogP contribution in [0.15, 0.2) is 36.7 Å². The lowest BCUT2D eigenvalue weighted by molar-refractivity contribution is -0.137. The maximum atomic E-state index is 12.3. The summed E-state index contributed by atoms with van der Waals surface area (Å²) in [6.07, 6.45) is 8.03. The van der Waals surface area contributed by atoms with Gasteiger partial charge >= 0.3 is 5.97 Å². The summed E-state index contributed by atoms with van der Waals surface area (Å²) in [4.78, 5) is 32.0. The molecule has 0 fully saturated rings. The third-order valence-corrected chi connectivity index (χ3v) is 4.84. The van der Waals surface area contributed by atoms with Crippen LogP contribution in [0.25, 0.3) is 0 Å². The Morgan fingerprint density at radius 1 is 1.25 bits per heavy atom. The Morgan fingerprint density at radius 2 is 2.14 bits per heavy atom. The van der Waals surface area contributed by atoms with E-state index in [9.17, 15) is 9.59 Å². The molecule has 3 rings (SSSR count). The highest BCUT2D eigenvalue weighted by atomic mass is 16.4. The Kier molecular flexibility index (Phi) is 6.94. The van der Waals surface area contributed by atoms with Crippen molar-refractivity contribution in [3.63, 3.8) is 0 Å². The summed E-state index contributed by atoms with van der Waals surface area (Å²) in [5, 5.41) is 15.3. The molecule has 1 amide bonds. The SMILES string of the molecule is O=C(O)CC(NC(=O)CCCCc1ccc2c(n1)NCCC2)c1cccnc1. The summed E-state index contributed by atoms with van der Waals surface area (Å²) >= 11 is 0. The third kappa shape index (κ3) is 5.77. The number of carboxylic acids is 1. The van der Waals surface area contributed by atoms with Gasteiger partial charge in [0.1, 0.15) is 5.82 Å². The second kappa shape index (κ2) is 9.82. The fourth-order valence-electron chi connectivity index (χ4n) is 3.38. The van der Waals surface area contributed by atoms with Crippen LogP contribution in [-0.2, 0) is 22.4 Å². The van der Waals surface area contributed by atoms with Crippen LogP contribution < -0.4 is 10.6 Å². The lowest BCUT2D eigenvalue weighted by Gasteiger charge is -2.18. The molecule has 2 aromatic rings. The van der Waals surface area contributed by atoms with E-state index >= 15 is 0 Å². The summed E-state index contributed by atoms with van der Waals surface area (Å²) in [5.74, 6) is -0.106. The number of carbonyl (C=O) groups is 2. The highest BCUT2D eigenvalue weighted by molar-refractivity contribution is 5.77. The molecular formula is C21H26N4O3. The average molecular weight is 382 g/mol. The molecule has 1 aliphatic rings. The largest absolute Gasteiger partial charge is 0.481 e. The quantitative estimate of drug-likeness (QED) is 0.576. The Morgan fingerprint density at radius 3 is 2.93 bits per heavy atom. The van der Waals surface area contributed by atoms with Crippen LogP contribution in [0.4, 0.5) is 5.82 Å². The van der Waals surface area contributed by atoms with Gasteiger partial charge in [-0.25, -0.2) is 4.98 Å². The first-order valence-electron chi connectivity index (χ1n) is 9.75. The first kappa shape index (κ1) is 19.8. The molecule has 0 aliphatic carbocycles. The molecule has 148 valence electrons. The number of carbonyl (C=O) groups excluding carboxylic acids is 1. The van der Waals surface area contributed by atoms with Crippen molar-refractivity contribution in [2.75, 3.05) is 11.9 Å². The van der Waals surface area contributed by atoms with E-state index in [4.69, 9.17) is 5.11 Å². The summed E-state index contributed by atoms with van der Waals surface area (Å²) in [5.41, 5.74) is 3.01. The zero-order chi connectivity index (χ0) is 19.8. The zero-order valence-electron chi connectivity index (χ0n) is 15.9. The van der Waals surface area contributed by atoms with Gasteiger partial charge in [0, 0.05) is 31.1 Å². The summed E-state index contributed by atoms with van der Waals surface area (Å²) < 4.78 is 0. The summed E-state index contributed by atoms with van der Waals surface area (Å²) in [7, 11) is 0. The van der Waals surface area contributed by atoms with Crippen molar-refractivity contribution in [3.8, 4) is 0 Å². The molecular weight excluding hydrogens is 356 g/mol. The van der Waals surface area contributed by atoms with Crippen LogP contribution in [0.5, 0.6) is 0 Å². The number of pyridine rings is 2. The van der Waals surface area contributed by atoms with Crippen molar-refractivity contribution < 1.29 is 14.7 Å². The van der Waals surface area contributed by atoms with Crippen LogP contribution in [0.1, 0.15) is 55.0 Å². The fourth-order valence-corrected chi connectivity index (χ4v) is 3.38. The molecule has 3 N–H and O–H groups in total. The molecule has 7 nitrogen and oxygen atoms in total. The number of aromatic nitrogens is 2. The lowest BCUT2D eigenvalue weighted by Crippen LogP contribution is -2.30. The van der Waals surface area contributed by atoms with Crippen molar-refractivity contribution in [1.82, 2.24) is 15.3 Å². The molecule has 0 aromatic carbocycles. The lowest BCUT2D eigenvalue weighted by atomic mass is 10.0. The van der Waals surface area contributed by atoms with Crippen molar-refractivity contribution in [2.24, 2.45) is 0 Å². The topological polar surface area (TPSA) is 104 Å². The number of anilines is 1. The van der Waals surface area contributed by atoms with E-state index < -0.39 is 12.0 Å². The van der Waals surface area contributed by atoms with Gasteiger partial charge in [0.2, 0.25) is 5.91 Å². The van der Waals surface area contributed by atoms with Crippen molar-refractivity contribution >= 4 is 17.7 Å². The maximum Gasteiger partial charge on any atom is 0.305 e. The Labute approximate surface area is 164 Å². The Balaban J connectivity index is 1.45. The minimum absolute atomic E-state index is 0.143. The molecule has 0 bridgehead atoms. The van der Waals surface area contributed by atoms with Gasteiger partial charge in [-0.1, -0.05) is 12.1 Å². The van der Waals surface area contributed by atoms with E-state index in [0.29, 0.717) is 12.0 Å². The Bertz CT molecular complexity index is 811. The number of carboxylic acid groups (broad SMARTS) is 1. The number of aliphatic carboxylic acids is 1. The van der Waals surface area contributed by atoms with Gasteiger partial charge in [0.25, 0.3) is 0 Å². The molecule has 0 spiro atoms. The van der Waals surface area contributed by atoms with Gasteiger partial charge in [0.05, 0.1) is 12.5 Å². The number of aryl methyl sites for hydroxylation is 2. The molecule has 7 heteroatoms. The number of hydrogen-bond acceptors (Lipinski definition) is 5. The number of hydrogen-bond donors (Lipinski definition) is 3. The monoisotopic (exact) mass is 382 g/mol. The van der Waals surface area contributed by atoms with E-state index in [1.807, 2.05) is 0 Å². The maximum absolute atomic E-state index is 12.3. The van der Waals surface area contributed by atoms with Gasteiger partial charge < -0.3 is 15.7 Å². The van der Waals surface area contributed by atoms with E-state index in [2.05, 4.69) is 32.7 Å². The normalized spacial score (nSPS) is 13.9. The van der Waals surface area contributed by atoms with Gasteiger partial charge in [-0.15, -0.1) is 0 Å². The van der Waals surface area contributed by atoms with E-state index in [-0.39, 0.29) is 12.3 Å². The van der Waals surface area contributed by atoms with Crippen LogP contribution in [-0.4, -0.2) is 33.5 Å². The van der Waals surface area contributed by atoms with Gasteiger partial charge in [-0.3, -0.25) is 14.6 Å². The van der Waals surface area contributed by atoms with Crippen LogP contribution >= 0.6 is 0 Å². The zero-order valence-corrected chi connectivity index (χ0v) is 15.9. The minimum Gasteiger partial charge on any atom is -0.481 e. The molecule has 0 radical (unpaired) electrons. The second-order valence-electron chi connectivity index (χ2n) is 7.05. The van der Waals surface area contributed by atoms with E-state index in [0.717, 1.165) is 50.2 Å². The highest BCUT2D eigenvalue weighted by Gasteiger charge is 2.18. The van der Waals surface area contributed by atoms with Crippen LogP contribution in [0.2, 0.25) is 0 Å². The highest BCUT2D eigenvalue weighted by Crippen LogP contribution is 2.20.